The number of dihydropyridines is 1. The first-order valence-corrected chi connectivity index (χ1v) is 9.15. The zero-order valence-electron chi connectivity index (χ0n) is 16.0. The highest BCUT2D eigenvalue weighted by atomic mass is 16.5. The summed E-state index contributed by atoms with van der Waals surface area (Å²) in [6.07, 6.45) is 1.60. The number of esters is 2. The molecule has 5 heteroatoms. The van der Waals surface area contributed by atoms with Gasteiger partial charge in [0, 0.05) is 17.8 Å². The van der Waals surface area contributed by atoms with Gasteiger partial charge in [-0.3, -0.25) is 0 Å². The van der Waals surface area contributed by atoms with E-state index in [-0.39, 0.29) is 13.2 Å². The number of nitrogens with one attached hydrogen (secondary N) is 1. The lowest BCUT2D eigenvalue weighted by molar-refractivity contribution is -0.141. The van der Waals surface area contributed by atoms with Crippen LogP contribution in [0.5, 0.6) is 0 Å². The number of hydrogen-bond acceptors (Lipinski definition) is 5. The molecule has 0 amide bonds. The van der Waals surface area contributed by atoms with Crippen molar-refractivity contribution in [3.63, 3.8) is 0 Å². The Labute approximate surface area is 164 Å². The summed E-state index contributed by atoms with van der Waals surface area (Å²) in [6.45, 7) is 3.96. The van der Waals surface area contributed by atoms with Gasteiger partial charge in [-0.2, -0.15) is 0 Å². The summed E-state index contributed by atoms with van der Waals surface area (Å²) in [5.74, 6) is -1.32. The van der Waals surface area contributed by atoms with Crippen LogP contribution in [0.1, 0.15) is 25.0 Å². The number of hydrogen-bond donors (Lipinski definition) is 1. The Balaban J connectivity index is 1.63. The van der Waals surface area contributed by atoms with Gasteiger partial charge >= 0.3 is 11.9 Å². The summed E-state index contributed by atoms with van der Waals surface area (Å²) < 4.78 is 10.9. The number of carbonyl (C=O) groups is 2. The quantitative estimate of drug-likeness (QED) is 0.774. The molecule has 0 bridgehead atoms. The largest absolute Gasteiger partial charge is 0.457 e. The molecule has 2 aromatic carbocycles. The van der Waals surface area contributed by atoms with E-state index in [1.807, 2.05) is 60.7 Å². The lowest BCUT2D eigenvalue weighted by atomic mass is 9.89. The fraction of sp³-hybridized carbons (Fsp3) is 0.217. The third-order valence-corrected chi connectivity index (χ3v) is 4.63. The number of ether oxygens (including phenoxy) is 2. The first-order chi connectivity index (χ1) is 13.6. The van der Waals surface area contributed by atoms with E-state index in [0.29, 0.717) is 16.8 Å². The fourth-order valence-electron chi connectivity index (χ4n) is 3.04. The number of benzene rings is 2. The monoisotopic (exact) mass is 377 g/mol. The van der Waals surface area contributed by atoms with Gasteiger partial charge in [0.1, 0.15) is 13.2 Å². The van der Waals surface area contributed by atoms with Crippen molar-refractivity contribution in [3.05, 3.63) is 94.8 Å². The van der Waals surface area contributed by atoms with Crippen molar-refractivity contribution in [2.75, 3.05) is 0 Å². The average molecular weight is 377 g/mol. The van der Waals surface area contributed by atoms with E-state index in [2.05, 4.69) is 5.32 Å². The lowest BCUT2D eigenvalue weighted by Crippen LogP contribution is -2.29. The zero-order chi connectivity index (χ0) is 19.9. The number of carbonyl (C=O) groups excluding carboxylic acids is 2. The van der Waals surface area contributed by atoms with E-state index in [1.165, 1.54) is 0 Å². The Hall–Kier alpha value is -3.34. The second kappa shape index (κ2) is 9.04. The molecule has 5 nitrogen and oxygen atoms in total. The maximum atomic E-state index is 12.6. The smallest absolute Gasteiger partial charge is 0.336 e. The van der Waals surface area contributed by atoms with E-state index >= 15 is 0 Å². The van der Waals surface area contributed by atoms with Crippen LogP contribution in [0.15, 0.2) is 83.7 Å². The third-order valence-electron chi connectivity index (χ3n) is 4.63. The molecule has 0 aromatic heterocycles. The fourth-order valence-corrected chi connectivity index (χ4v) is 3.04. The first-order valence-electron chi connectivity index (χ1n) is 9.15. The Morgan fingerprint density at radius 2 is 1.36 bits per heavy atom. The maximum absolute atomic E-state index is 12.6. The second-order valence-electron chi connectivity index (χ2n) is 6.63. The molecule has 0 aliphatic carbocycles. The van der Waals surface area contributed by atoms with Gasteiger partial charge in [0.25, 0.3) is 0 Å². The normalized spacial score (nSPS) is 16.1. The summed E-state index contributed by atoms with van der Waals surface area (Å²) in [4.78, 5) is 25.2. The van der Waals surface area contributed by atoms with Crippen LogP contribution >= 0.6 is 0 Å². The SMILES string of the molecule is CC1=C(C(=O)OCc2ccccc2)C(C)C(C(=O)OCc2ccccc2)=CN1. The Bertz CT molecular complexity index is 901. The molecular formula is C23H23NO4. The van der Waals surface area contributed by atoms with Gasteiger partial charge in [0.05, 0.1) is 11.1 Å². The van der Waals surface area contributed by atoms with E-state index < -0.39 is 17.9 Å². The molecular weight excluding hydrogens is 354 g/mol. The van der Waals surface area contributed by atoms with Gasteiger partial charge in [0.15, 0.2) is 0 Å². The van der Waals surface area contributed by atoms with Crippen LogP contribution in [0.4, 0.5) is 0 Å². The van der Waals surface area contributed by atoms with Crippen LogP contribution in [0.25, 0.3) is 0 Å². The maximum Gasteiger partial charge on any atom is 0.336 e. The van der Waals surface area contributed by atoms with Crippen LogP contribution in [-0.2, 0) is 32.3 Å². The molecule has 0 radical (unpaired) electrons. The van der Waals surface area contributed by atoms with Gasteiger partial charge < -0.3 is 14.8 Å². The minimum atomic E-state index is -0.454. The predicted molar refractivity (Wildman–Crippen MR) is 106 cm³/mol. The molecule has 1 N–H and O–H groups in total. The average Bonchev–Trinajstić information content (AvgIpc) is 2.72. The summed E-state index contributed by atoms with van der Waals surface area (Å²) in [5, 5.41) is 2.99. The van der Waals surface area contributed by atoms with Crippen LogP contribution in [0, 0.1) is 5.92 Å². The summed E-state index contributed by atoms with van der Waals surface area (Å²) in [5.41, 5.74) is 3.31. The van der Waals surface area contributed by atoms with Gasteiger partial charge in [-0.25, -0.2) is 9.59 Å². The van der Waals surface area contributed by atoms with Crippen molar-refractivity contribution in [1.29, 1.82) is 0 Å². The molecule has 3 rings (SSSR count). The topological polar surface area (TPSA) is 64.6 Å². The highest BCUT2D eigenvalue weighted by Gasteiger charge is 2.31. The Morgan fingerprint density at radius 1 is 0.857 bits per heavy atom. The van der Waals surface area contributed by atoms with Crippen LogP contribution in [-0.4, -0.2) is 11.9 Å². The number of allylic oxidation sites excluding steroid dienone is 1. The van der Waals surface area contributed by atoms with Crippen molar-refractivity contribution >= 4 is 11.9 Å². The summed E-state index contributed by atoms with van der Waals surface area (Å²) in [7, 11) is 0. The summed E-state index contributed by atoms with van der Waals surface area (Å²) in [6, 6.07) is 18.9. The Morgan fingerprint density at radius 3 is 1.89 bits per heavy atom. The van der Waals surface area contributed by atoms with E-state index in [0.717, 1.165) is 11.1 Å². The highest BCUT2D eigenvalue weighted by Crippen LogP contribution is 2.28. The molecule has 0 saturated carbocycles. The van der Waals surface area contributed by atoms with Gasteiger partial charge in [-0.15, -0.1) is 0 Å². The number of rotatable bonds is 6. The van der Waals surface area contributed by atoms with Crippen molar-refractivity contribution < 1.29 is 19.1 Å². The van der Waals surface area contributed by atoms with Gasteiger partial charge in [0.2, 0.25) is 0 Å². The zero-order valence-corrected chi connectivity index (χ0v) is 16.0. The second-order valence-corrected chi connectivity index (χ2v) is 6.63. The van der Waals surface area contributed by atoms with E-state index in [9.17, 15) is 9.59 Å². The van der Waals surface area contributed by atoms with Crippen molar-refractivity contribution in [2.24, 2.45) is 5.92 Å². The van der Waals surface area contributed by atoms with Crippen molar-refractivity contribution in [1.82, 2.24) is 5.32 Å². The van der Waals surface area contributed by atoms with Crippen LogP contribution in [0.3, 0.4) is 0 Å². The molecule has 0 saturated heterocycles. The minimum Gasteiger partial charge on any atom is -0.457 e. The highest BCUT2D eigenvalue weighted by molar-refractivity contribution is 5.97. The summed E-state index contributed by atoms with van der Waals surface area (Å²) >= 11 is 0. The van der Waals surface area contributed by atoms with Crippen LogP contribution < -0.4 is 5.32 Å². The third kappa shape index (κ3) is 4.68. The van der Waals surface area contributed by atoms with Crippen molar-refractivity contribution in [2.45, 2.75) is 27.1 Å². The molecule has 1 aliphatic rings. The molecule has 0 spiro atoms. The predicted octanol–water partition coefficient (Wildman–Crippen LogP) is 3.87. The molecule has 1 heterocycles. The molecule has 144 valence electrons. The van der Waals surface area contributed by atoms with Crippen LogP contribution in [0.2, 0.25) is 0 Å². The standard InChI is InChI=1S/C23H23NO4/c1-16-20(22(25)27-14-18-9-5-3-6-10-18)13-24-17(2)21(16)23(26)28-15-19-11-7-4-8-12-19/h3-13,16,24H,14-15H2,1-2H3. The van der Waals surface area contributed by atoms with E-state index in [4.69, 9.17) is 9.47 Å². The lowest BCUT2D eigenvalue weighted by Gasteiger charge is -2.24. The molecule has 28 heavy (non-hydrogen) atoms. The molecule has 0 fully saturated rings. The van der Waals surface area contributed by atoms with Crippen molar-refractivity contribution in [3.8, 4) is 0 Å². The van der Waals surface area contributed by atoms with Gasteiger partial charge in [-0.05, 0) is 18.1 Å². The molecule has 1 atom stereocenters. The molecule has 2 aromatic rings. The Kier molecular flexibility index (Phi) is 6.27. The van der Waals surface area contributed by atoms with Gasteiger partial charge in [-0.1, -0.05) is 67.6 Å². The molecule has 1 aliphatic heterocycles. The van der Waals surface area contributed by atoms with E-state index in [1.54, 1.807) is 20.0 Å². The minimum absolute atomic E-state index is 0.181. The first kappa shape index (κ1) is 19.4. The molecule has 1 unspecified atom stereocenters.